The third kappa shape index (κ3) is 2.80. The van der Waals surface area contributed by atoms with Crippen LogP contribution in [0.15, 0.2) is 0 Å². The van der Waals surface area contributed by atoms with Crippen LogP contribution < -0.4 is 0 Å². The Balaban J connectivity index is 1.81. The number of rotatable bonds is 3. The molecule has 90 valence electrons. The van der Waals surface area contributed by atoms with Gasteiger partial charge in [-0.15, -0.1) is 0 Å². The van der Waals surface area contributed by atoms with Crippen molar-refractivity contribution in [2.75, 3.05) is 39.3 Å². The zero-order valence-electron chi connectivity index (χ0n) is 9.65. The highest BCUT2D eigenvalue weighted by atomic mass is 16.6. The van der Waals surface area contributed by atoms with Crippen molar-refractivity contribution in [1.82, 2.24) is 9.80 Å². The van der Waals surface area contributed by atoms with Gasteiger partial charge < -0.3 is 9.64 Å². The number of cyclic esters (lactones) is 2. The summed E-state index contributed by atoms with van der Waals surface area (Å²) in [6, 6.07) is 0. The molecule has 0 radical (unpaired) electrons. The van der Waals surface area contributed by atoms with E-state index in [0.29, 0.717) is 5.92 Å². The van der Waals surface area contributed by atoms with Gasteiger partial charge in [0.2, 0.25) is 0 Å². The Hall–Kier alpha value is -0.940. The summed E-state index contributed by atoms with van der Waals surface area (Å²) in [5.41, 5.74) is 0. The van der Waals surface area contributed by atoms with Crippen molar-refractivity contribution < 1.29 is 14.3 Å². The normalized spacial score (nSPS) is 28.4. The van der Waals surface area contributed by atoms with E-state index in [-0.39, 0.29) is 13.1 Å². The summed E-state index contributed by atoms with van der Waals surface area (Å²) in [6.07, 6.45) is 1.16. The van der Waals surface area contributed by atoms with Gasteiger partial charge in [0.05, 0.1) is 13.1 Å². The summed E-state index contributed by atoms with van der Waals surface area (Å²) in [4.78, 5) is 26.5. The molecule has 2 saturated heterocycles. The third-order valence-corrected chi connectivity index (χ3v) is 3.27. The highest BCUT2D eigenvalue weighted by Gasteiger charge is 2.29. The van der Waals surface area contributed by atoms with Gasteiger partial charge in [-0.1, -0.05) is 6.92 Å². The predicted molar refractivity (Wildman–Crippen MR) is 57.8 cm³/mol. The molecule has 0 bridgehead atoms. The minimum Gasteiger partial charge on any atom is -0.391 e. The Labute approximate surface area is 95.3 Å². The highest BCUT2D eigenvalue weighted by molar-refractivity contribution is 5.90. The number of likely N-dealkylation sites (tertiary alicyclic amines) is 1. The van der Waals surface area contributed by atoms with E-state index in [0.717, 1.165) is 32.6 Å². The minimum absolute atomic E-state index is 0.258. The SMILES string of the molecule is CCN1CCC(CN2CC(=O)OC(=O)C2)C1. The van der Waals surface area contributed by atoms with Gasteiger partial charge in [0.1, 0.15) is 0 Å². The summed E-state index contributed by atoms with van der Waals surface area (Å²) in [6.45, 7) is 6.80. The quantitative estimate of drug-likeness (QED) is 0.489. The Kier molecular flexibility index (Phi) is 3.56. The first kappa shape index (κ1) is 11.5. The van der Waals surface area contributed by atoms with E-state index in [1.54, 1.807) is 0 Å². The molecule has 0 aromatic rings. The molecule has 1 atom stereocenters. The molecule has 2 aliphatic rings. The van der Waals surface area contributed by atoms with E-state index in [1.165, 1.54) is 0 Å². The lowest BCUT2D eigenvalue weighted by molar-refractivity contribution is -0.167. The van der Waals surface area contributed by atoms with Crippen LogP contribution in [-0.2, 0) is 14.3 Å². The lowest BCUT2D eigenvalue weighted by Gasteiger charge is -2.26. The maximum atomic E-state index is 11.1. The summed E-state index contributed by atoms with van der Waals surface area (Å²) in [5.74, 6) is -0.248. The molecule has 5 nitrogen and oxygen atoms in total. The molecule has 0 saturated carbocycles. The first-order valence-electron chi connectivity index (χ1n) is 5.85. The third-order valence-electron chi connectivity index (χ3n) is 3.27. The maximum Gasteiger partial charge on any atom is 0.327 e. The highest BCUT2D eigenvalue weighted by Crippen LogP contribution is 2.17. The fraction of sp³-hybridized carbons (Fsp3) is 0.818. The second kappa shape index (κ2) is 4.93. The van der Waals surface area contributed by atoms with Gasteiger partial charge in [0, 0.05) is 13.1 Å². The molecule has 1 unspecified atom stereocenters. The number of hydrogen-bond acceptors (Lipinski definition) is 5. The zero-order valence-corrected chi connectivity index (χ0v) is 9.65. The van der Waals surface area contributed by atoms with Gasteiger partial charge in [0.15, 0.2) is 0 Å². The molecule has 0 N–H and O–H groups in total. The number of morpholine rings is 1. The average Bonchev–Trinajstić information content (AvgIpc) is 2.64. The largest absolute Gasteiger partial charge is 0.391 e. The van der Waals surface area contributed by atoms with Crippen molar-refractivity contribution in [1.29, 1.82) is 0 Å². The Bertz CT molecular complexity index is 277. The first-order valence-corrected chi connectivity index (χ1v) is 5.85. The second-order valence-corrected chi connectivity index (χ2v) is 4.56. The molecular weight excluding hydrogens is 208 g/mol. The van der Waals surface area contributed by atoms with Crippen LogP contribution >= 0.6 is 0 Å². The van der Waals surface area contributed by atoms with E-state index in [9.17, 15) is 9.59 Å². The second-order valence-electron chi connectivity index (χ2n) is 4.56. The van der Waals surface area contributed by atoms with Crippen LogP contribution in [0.2, 0.25) is 0 Å². The number of esters is 2. The number of carbonyl (C=O) groups excluding carboxylic acids is 2. The topological polar surface area (TPSA) is 49.9 Å². The molecule has 2 heterocycles. The fourth-order valence-corrected chi connectivity index (χ4v) is 2.46. The van der Waals surface area contributed by atoms with E-state index in [1.807, 2.05) is 4.90 Å². The van der Waals surface area contributed by atoms with Gasteiger partial charge in [-0.3, -0.25) is 14.5 Å². The molecule has 0 spiro atoms. The van der Waals surface area contributed by atoms with Crippen molar-refractivity contribution >= 4 is 11.9 Å². The molecule has 2 fully saturated rings. The molecule has 0 amide bonds. The Morgan fingerprint density at radius 1 is 1.25 bits per heavy atom. The van der Waals surface area contributed by atoms with Gasteiger partial charge in [-0.25, -0.2) is 0 Å². The molecule has 2 aliphatic heterocycles. The van der Waals surface area contributed by atoms with Crippen LogP contribution in [0, 0.1) is 5.92 Å². The molecule has 0 aliphatic carbocycles. The lowest BCUT2D eigenvalue weighted by atomic mass is 10.1. The molecule has 2 rings (SSSR count). The predicted octanol–water partition coefficient (Wildman–Crippen LogP) is -0.286. The zero-order chi connectivity index (χ0) is 11.5. The van der Waals surface area contributed by atoms with E-state index in [2.05, 4.69) is 16.6 Å². The van der Waals surface area contributed by atoms with Crippen LogP contribution in [0.25, 0.3) is 0 Å². The Morgan fingerprint density at radius 3 is 2.50 bits per heavy atom. The molecule has 0 aromatic carbocycles. The van der Waals surface area contributed by atoms with Crippen molar-refractivity contribution in [2.45, 2.75) is 13.3 Å². The van der Waals surface area contributed by atoms with Crippen LogP contribution in [0.1, 0.15) is 13.3 Å². The van der Waals surface area contributed by atoms with Gasteiger partial charge in [-0.2, -0.15) is 0 Å². The van der Waals surface area contributed by atoms with E-state index in [4.69, 9.17) is 0 Å². The lowest BCUT2D eigenvalue weighted by Crippen LogP contribution is -2.45. The Morgan fingerprint density at radius 2 is 1.94 bits per heavy atom. The van der Waals surface area contributed by atoms with Gasteiger partial charge in [-0.05, 0) is 25.4 Å². The molecular formula is C11H18N2O3. The maximum absolute atomic E-state index is 11.1. The van der Waals surface area contributed by atoms with Crippen molar-refractivity contribution in [3.8, 4) is 0 Å². The molecule has 5 heteroatoms. The number of ether oxygens (including phenoxy) is 1. The number of hydrogen-bond donors (Lipinski definition) is 0. The van der Waals surface area contributed by atoms with Crippen LogP contribution in [-0.4, -0.2) is 61.0 Å². The summed E-state index contributed by atoms with van der Waals surface area (Å²) in [7, 11) is 0. The minimum atomic E-state index is -0.415. The van der Waals surface area contributed by atoms with E-state index >= 15 is 0 Å². The summed E-state index contributed by atoms with van der Waals surface area (Å²) in [5, 5.41) is 0. The number of carbonyl (C=O) groups is 2. The summed E-state index contributed by atoms with van der Waals surface area (Å²) >= 11 is 0. The number of nitrogens with zero attached hydrogens (tertiary/aromatic N) is 2. The monoisotopic (exact) mass is 226 g/mol. The smallest absolute Gasteiger partial charge is 0.327 e. The van der Waals surface area contributed by atoms with Crippen molar-refractivity contribution in [3.05, 3.63) is 0 Å². The van der Waals surface area contributed by atoms with Gasteiger partial charge in [0.25, 0.3) is 0 Å². The molecule has 16 heavy (non-hydrogen) atoms. The van der Waals surface area contributed by atoms with Crippen LogP contribution in [0.3, 0.4) is 0 Å². The van der Waals surface area contributed by atoms with Crippen molar-refractivity contribution in [3.63, 3.8) is 0 Å². The average molecular weight is 226 g/mol. The van der Waals surface area contributed by atoms with Gasteiger partial charge >= 0.3 is 11.9 Å². The summed E-state index contributed by atoms with van der Waals surface area (Å²) < 4.78 is 4.49. The standard InChI is InChI=1S/C11H18N2O3/c1-2-12-4-3-9(5-12)6-13-7-10(14)16-11(15)8-13/h9H,2-8H2,1H3. The van der Waals surface area contributed by atoms with Crippen LogP contribution in [0.5, 0.6) is 0 Å². The van der Waals surface area contributed by atoms with Crippen molar-refractivity contribution in [2.24, 2.45) is 5.92 Å². The fourth-order valence-electron chi connectivity index (χ4n) is 2.46. The molecule has 0 aromatic heterocycles. The van der Waals surface area contributed by atoms with Crippen LogP contribution in [0.4, 0.5) is 0 Å². The van der Waals surface area contributed by atoms with E-state index < -0.39 is 11.9 Å². The first-order chi connectivity index (χ1) is 7.67.